The largest absolute Gasteiger partial charge is 0.493 e. The molecule has 0 bridgehead atoms. The lowest BCUT2D eigenvalue weighted by Gasteiger charge is -2.18. The highest BCUT2D eigenvalue weighted by Crippen LogP contribution is 2.27. The maximum atomic E-state index is 5.38. The zero-order valence-electron chi connectivity index (χ0n) is 17.9. The summed E-state index contributed by atoms with van der Waals surface area (Å²) in [5, 5.41) is 6.69. The number of halogens is 1. The highest BCUT2D eigenvalue weighted by atomic mass is 127. The normalized spacial score (nSPS) is 13.0. The van der Waals surface area contributed by atoms with E-state index in [1.54, 1.807) is 14.2 Å². The van der Waals surface area contributed by atoms with E-state index in [0.717, 1.165) is 42.7 Å². The number of benzene rings is 2. The minimum Gasteiger partial charge on any atom is -0.493 e. The van der Waals surface area contributed by atoms with Crippen LogP contribution in [0.3, 0.4) is 0 Å². The number of guanidine groups is 1. The molecule has 0 saturated heterocycles. The van der Waals surface area contributed by atoms with Crippen LogP contribution in [0, 0.1) is 0 Å². The van der Waals surface area contributed by atoms with Crippen molar-refractivity contribution < 1.29 is 9.47 Å². The highest BCUT2D eigenvalue weighted by molar-refractivity contribution is 14.0. The van der Waals surface area contributed by atoms with Gasteiger partial charge in [-0.25, -0.2) is 4.99 Å². The van der Waals surface area contributed by atoms with Gasteiger partial charge in [-0.05, 0) is 42.3 Å². The second-order valence-corrected chi connectivity index (χ2v) is 6.78. The third kappa shape index (κ3) is 6.55. The molecule has 3 rings (SSSR count). The molecular weight excluding hydrogens is 491 g/mol. The van der Waals surface area contributed by atoms with Gasteiger partial charge in [0.25, 0.3) is 0 Å². The molecule has 0 spiro atoms. The summed E-state index contributed by atoms with van der Waals surface area (Å²) in [6.45, 7) is 6.08. The fourth-order valence-corrected chi connectivity index (χ4v) is 3.23. The molecule has 1 heterocycles. The lowest BCUT2D eigenvalue weighted by molar-refractivity contribution is 0.354. The topological polar surface area (TPSA) is 58.1 Å². The first-order chi connectivity index (χ1) is 14.2. The Morgan fingerprint density at radius 2 is 1.73 bits per heavy atom. The number of methoxy groups -OCH3 is 2. The Labute approximate surface area is 196 Å². The van der Waals surface area contributed by atoms with E-state index in [2.05, 4.69) is 58.9 Å². The van der Waals surface area contributed by atoms with Crippen LogP contribution in [0.1, 0.15) is 18.1 Å². The van der Waals surface area contributed by atoms with E-state index in [1.807, 2.05) is 18.2 Å². The molecule has 0 saturated carbocycles. The van der Waals surface area contributed by atoms with Gasteiger partial charge in [-0.2, -0.15) is 0 Å². The first-order valence-corrected chi connectivity index (χ1v) is 9.95. The van der Waals surface area contributed by atoms with Gasteiger partial charge < -0.3 is 25.0 Å². The molecule has 1 aliphatic rings. The molecule has 162 valence electrons. The lowest BCUT2D eigenvalue weighted by Crippen LogP contribution is -2.36. The van der Waals surface area contributed by atoms with Gasteiger partial charge in [0.15, 0.2) is 17.5 Å². The van der Waals surface area contributed by atoms with Gasteiger partial charge >= 0.3 is 0 Å². The fraction of sp³-hybridized carbons (Fsp3) is 0.348. The quantitative estimate of drug-likeness (QED) is 0.238. The lowest BCUT2D eigenvalue weighted by atomic mass is 10.2. The summed E-state index contributed by atoms with van der Waals surface area (Å²) in [5.74, 6) is 2.24. The van der Waals surface area contributed by atoms with Crippen LogP contribution in [0.4, 0.5) is 5.69 Å². The zero-order chi connectivity index (χ0) is 20.5. The van der Waals surface area contributed by atoms with Crippen molar-refractivity contribution in [3.05, 3.63) is 65.7 Å². The van der Waals surface area contributed by atoms with Crippen LogP contribution in [0.15, 0.2) is 59.6 Å². The number of nitrogens with zero attached hydrogens (tertiary/aromatic N) is 2. The van der Waals surface area contributed by atoms with Crippen molar-refractivity contribution in [2.45, 2.75) is 20.0 Å². The number of nitrogens with one attached hydrogen (secondary N) is 2. The van der Waals surface area contributed by atoms with Crippen LogP contribution in [-0.2, 0) is 13.1 Å². The molecule has 0 aliphatic carbocycles. The Hall–Kier alpha value is -2.42. The predicted molar refractivity (Wildman–Crippen MR) is 134 cm³/mol. The van der Waals surface area contributed by atoms with Crippen molar-refractivity contribution in [2.75, 3.05) is 38.8 Å². The minimum absolute atomic E-state index is 0. The fourth-order valence-electron chi connectivity index (χ4n) is 3.23. The van der Waals surface area contributed by atoms with E-state index < -0.39 is 0 Å². The first-order valence-electron chi connectivity index (χ1n) is 9.95. The molecule has 1 aliphatic heterocycles. The summed E-state index contributed by atoms with van der Waals surface area (Å²) < 4.78 is 10.7. The maximum absolute atomic E-state index is 5.38. The van der Waals surface area contributed by atoms with E-state index in [4.69, 9.17) is 14.5 Å². The summed E-state index contributed by atoms with van der Waals surface area (Å²) in [6, 6.07) is 14.5. The van der Waals surface area contributed by atoms with Crippen LogP contribution < -0.4 is 25.0 Å². The van der Waals surface area contributed by atoms with Gasteiger partial charge in [0.2, 0.25) is 0 Å². The molecule has 0 atom stereocenters. The van der Waals surface area contributed by atoms with Crippen molar-refractivity contribution in [1.82, 2.24) is 10.6 Å². The molecule has 0 radical (unpaired) electrons. The zero-order valence-corrected chi connectivity index (χ0v) is 20.2. The summed E-state index contributed by atoms with van der Waals surface area (Å²) in [4.78, 5) is 7.09. The van der Waals surface area contributed by atoms with Gasteiger partial charge in [-0.3, -0.25) is 0 Å². The molecule has 6 nitrogen and oxygen atoms in total. The average Bonchev–Trinajstić information content (AvgIpc) is 3.30. The molecule has 0 fully saturated rings. The Bertz CT molecular complexity index is 862. The third-order valence-electron chi connectivity index (χ3n) is 4.77. The van der Waals surface area contributed by atoms with Gasteiger partial charge in [-0.1, -0.05) is 30.4 Å². The molecule has 2 N–H and O–H groups in total. The molecular formula is C23H31IN4O2. The standard InChI is InChI=1S/C23H30N4O2.HI/c1-4-24-23(26-17-19-10-11-21(28-2)22(15-19)29-3)25-16-18-8-7-9-20(14-18)27-12-5-6-13-27;/h5-11,14-15H,4,12-13,16-17H2,1-3H3,(H2,24,25,26);1H. The second kappa shape index (κ2) is 12.3. The maximum Gasteiger partial charge on any atom is 0.191 e. The van der Waals surface area contributed by atoms with Crippen LogP contribution in [0.25, 0.3) is 0 Å². The van der Waals surface area contributed by atoms with Crippen molar-refractivity contribution in [3.8, 4) is 11.5 Å². The minimum atomic E-state index is 0. The highest BCUT2D eigenvalue weighted by Gasteiger charge is 2.08. The number of rotatable bonds is 8. The average molecular weight is 522 g/mol. The Kier molecular flexibility index (Phi) is 9.79. The Balaban J connectivity index is 0.00000320. The number of hydrogen-bond donors (Lipinski definition) is 2. The molecule has 0 aromatic heterocycles. The van der Waals surface area contributed by atoms with Crippen molar-refractivity contribution in [2.24, 2.45) is 4.99 Å². The van der Waals surface area contributed by atoms with Crippen molar-refractivity contribution in [3.63, 3.8) is 0 Å². The van der Waals surface area contributed by atoms with E-state index >= 15 is 0 Å². The number of anilines is 1. The van der Waals surface area contributed by atoms with Gasteiger partial charge in [0.05, 0.1) is 20.8 Å². The van der Waals surface area contributed by atoms with E-state index in [1.165, 1.54) is 11.3 Å². The van der Waals surface area contributed by atoms with Gasteiger partial charge in [-0.15, -0.1) is 24.0 Å². The van der Waals surface area contributed by atoms with Crippen LogP contribution in [0.2, 0.25) is 0 Å². The SMILES string of the molecule is CCNC(=NCc1cccc(N2CC=CC2)c1)NCc1ccc(OC)c(OC)c1.I. The van der Waals surface area contributed by atoms with E-state index in [0.29, 0.717) is 13.1 Å². The predicted octanol–water partition coefficient (Wildman–Crippen LogP) is 3.95. The van der Waals surface area contributed by atoms with E-state index in [-0.39, 0.29) is 24.0 Å². The number of aliphatic imine (C=N–C) groups is 1. The second-order valence-electron chi connectivity index (χ2n) is 6.78. The molecule has 2 aromatic carbocycles. The summed E-state index contributed by atoms with van der Waals surface area (Å²) in [6.07, 6.45) is 4.40. The molecule has 0 amide bonds. The molecule has 30 heavy (non-hydrogen) atoms. The molecule has 0 unspecified atom stereocenters. The van der Waals surface area contributed by atoms with Crippen LogP contribution in [-0.4, -0.2) is 39.8 Å². The number of ether oxygens (including phenoxy) is 2. The number of hydrogen-bond acceptors (Lipinski definition) is 4. The van der Waals surface area contributed by atoms with E-state index in [9.17, 15) is 0 Å². The monoisotopic (exact) mass is 522 g/mol. The third-order valence-corrected chi connectivity index (χ3v) is 4.77. The smallest absolute Gasteiger partial charge is 0.191 e. The Morgan fingerprint density at radius 3 is 2.43 bits per heavy atom. The van der Waals surface area contributed by atoms with Gasteiger partial charge in [0, 0.05) is 31.9 Å². The van der Waals surface area contributed by atoms with Crippen molar-refractivity contribution in [1.29, 1.82) is 0 Å². The summed E-state index contributed by atoms with van der Waals surface area (Å²) >= 11 is 0. The molecule has 7 heteroatoms. The van der Waals surface area contributed by atoms with Crippen LogP contribution >= 0.6 is 24.0 Å². The van der Waals surface area contributed by atoms with Crippen molar-refractivity contribution >= 4 is 35.6 Å². The molecule has 2 aromatic rings. The van der Waals surface area contributed by atoms with Gasteiger partial charge in [0.1, 0.15) is 0 Å². The summed E-state index contributed by atoms with van der Waals surface area (Å²) in [7, 11) is 3.29. The van der Waals surface area contributed by atoms with Crippen LogP contribution in [0.5, 0.6) is 11.5 Å². The summed E-state index contributed by atoms with van der Waals surface area (Å²) in [5.41, 5.74) is 3.53. The first kappa shape index (κ1) is 23.9. The Morgan fingerprint density at radius 1 is 0.967 bits per heavy atom.